The molecule has 0 amide bonds. The number of hydrogen-bond donors (Lipinski definition) is 1. The van der Waals surface area contributed by atoms with Crippen LogP contribution in [0.4, 0.5) is 5.69 Å². The van der Waals surface area contributed by atoms with Gasteiger partial charge >= 0.3 is 0 Å². The van der Waals surface area contributed by atoms with Gasteiger partial charge in [0.05, 0.1) is 22.6 Å². The van der Waals surface area contributed by atoms with Crippen molar-refractivity contribution in [3.8, 4) is 0 Å². The summed E-state index contributed by atoms with van der Waals surface area (Å²) in [5.74, 6) is 0. The molecule has 0 saturated carbocycles. The summed E-state index contributed by atoms with van der Waals surface area (Å²) in [5.41, 5.74) is 11.2. The lowest BCUT2D eigenvalue weighted by Crippen LogP contribution is -2.57. The summed E-state index contributed by atoms with van der Waals surface area (Å²) >= 11 is 0. The molecule has 0 radical (unpaired) electrons. The van der Waals surface area contributed by atoms with Gasteiger partial charge < -0.3 is 15.4 Å². The number of hydrogen-bond acceptors (Lipinski definition) is 5. The van der Waals surface area contributed by atoms with Crippen LogP contribution in [0.1, 0.15) is 64.3 Å². The molecular weight excluding hydrogens is 360 g/mol. The van der Waals surface area contributed by atoms with Crippen LogP contribution in [0, 0.1) is 5.41 Å². The summed E-state index contributed by atoms with van der Waals surface area (Å²) in [6.45, 7) is 14.2. The van der Waals surface area contributed by atoms with Crippen LogP contribution in [0.25, 0.3) is 5.57 Å². The lowest BCUT2D eigenvalue weighted by Gasteiger charge is -2.49. The van der Waals surface area contributed by atoms with E-state index in [1.165, 1.54) is 17.7 Å². The molecule has 2 fully saturated rings. The molecule has 0 aromatic carbocycles. The zero-order valence-corrected chi connectivity index (χ0v) is 18.5. The third-order valence-corrected chi connectivity index (χ3v) is 7.42. The average Bonchev–Trinajstić information content (AvgIpc) is 2.75. The molecular formula is C24H38N4O. The monoisotopic (exact) mass is 398 g/mol. The molecule has 3 heterocycles. The topological polar surface area (TPSA) is 54.6 Å². The molecule has 2 N–H and O–H groups in total. The third-order valence-electron chi connectivity index (χ3n) is 7.42. The quantitative estimate of drug-likeness (QED) is 0.834. The van der Waals surface area contributed by atoms with Crippen LogP contribution in [0.15, 0.2) is 18.2 Å². The van der Waals surface area contributed by atoms with Crippen LogP contribution < -0.4 is 5.73 Å². The highest BCUT2D eigenvalue weighted by Crippen LogP contribution is 2.42. The van der Waals surface area contributed by atoms with E-state index in [1.54, 1.807) is 0 Å². The van der Waals surface area contributed by atoms with Crippen molar-refractivity contribution in [2.24, 2.45) is 5.41 Å². The molecule has 160 valence electrons. The van der Waals surface area contributed by atoms with Gasteiger partial charge in [-0.2, -0.15) is 0 Å². The fraction of sp³-hybridized carbons (Fsp3) is 0.708. The minimum Gasteiger partial charge on any atom is -0.397 e. The molecule has 1 aliphatic carbocycles. The van der Waals surface area contributed by atoms with Gasteiger partial charge in [0.1, 0.15) is 0 Å². The maximum absolute atomic E-state index is 6.43. The highest BCUT2D eigenvalue weighted by molar-refractivity contribution is 5.73. The zero-order chi connectivity index (χ0) is 20.5. The van der Waals surface area contributed by atoms with E-state index in [0.29, 0.717) is 5.41 Å². The van der Waals surface area contributed by atoms with E-state index in [9.17, 15) is 0 Å². The van der Waals surface area contributed by atoms with Crippen molar-refractivity contribution in [3.05, 3.63) is 29.6 Å². The number of rotatable bonds is 4. The van der Waals surface area contributed by atoms with Gasteiger partial charge in [0.15, 0.2) is 0 Å². The third kappa shape index (κ3) is 4.23. The molecule has 3 aliphatic rings. The fourth-order valence-corrected chi connectivity index (χ4v) is 5.21. The predicted molar refractivity (Wildman–Crippen MR) is 120 cm³/mol. The van der Waals surface area contributed by atoms with Gasteiger partial charge in [0, 0.05) is 39.4 Å². The van der Waals surface area contributed by atoms with Crippen LogP contribution in [0.5, 0.6) is 0 Å². The SMILES string of the molecule is CCN1CCN(C2(c3ccc(N)c(C4=CCC(C)(C)CC4)n3)CCOCC2)CC1. The first kappa shape index (κ1) is 20.8. The first-order valence-electron chi connectivity index (χ1n) is 11.5. The lowest BCUT2D eigenvalue weighted by molar-refractivity contribution is -0.0526. The summed E-state index contributed by atoms with van der Waals surface area (Å²) in [5, 5.41) is 0. The molecule has 5 nitrogen and oxygen atoms in total. The second-order valence-corrected chi connectivity index (χ2v) is 9.80. The number of ether oxygens (including phenoxy) is 1. The molecule has 0 bridgehead atoms. The second-order valence-electron chi connectivity index (χ2n) is 9.80. The number of nitrogens with zero attached hydrogens (tertiary/aromatic N) is 3. The standard InChI is InChI=1S/C24H38N4O/c1-4-27-13-15-28(16-14-27)24(11-17-29-18-12-24)21-6-5-20(25)22(26-21)19-7-9-23(2,3)10-8-19/h5-7H,4,8-18,25H2,1-3H3. The highest BCUT2D eigenvalue weighted by Gasteiger charge is 2.42. The Kier molecular flexibility index (Phi) is 6.01. The average molecular weight is 399 g/mol. The van der Waals surface area contributed by atoms with E-state index in [0.717, 1.165) is 83.0 Å². The van der Waals surface area contributed by atoms with E-state index < -0.39 is 0 Å². The van der Waals surface area contributed by atoms with Crippen molar-refractivity contribution in [2.45, 2.75) is 58.4 Å². The Bertz CT molecular complexity index is 743. The summed E-state index contributed by atoms with van der Waals surface area (Å²) in [4.78, 5) is 10.5. The molecule has 4 rings (SSSR count). The van der Waals surface area contributed by atoms with Crippen molar-refractivity contribution < 1.29 is 4.74 Å². The van der Waals surface area contributed by atoms with Crippen molar-refractivity contribution in [1.82, 2.24) is 14.8 Å². The number of allylic oxidation sites excluding steroid dienone is 2. The van der Waals surface area contributed by atoms with Crippen molar-refractivity contribution in [3.63, 3.8) is 0 Å². The van der Waals surface area contributed by atoms with Crippen LogP contribution in [0.3, 0.4) is 0 Å². The number of anilines is 1. The maximum Gasteiger partial charge on any atom is 0.0891 e. The number of nitrogens with two attached hydrogens (primary N) is 1. The second kappa shape index (κ2) is 8.37. The molecule has 0 unspecified atom stereocenters. The number of likely N-dealkylation sites (N-methyl/N-ethyl adjacent to an activating group) is 1. The number of piperazine rings is 1. The zero-order valence-electron chi connectivity index (χ0n) is 18.5. The number of aromatic nitrogens is 1. The Balaban J connectivity index is 1.66. The minimum absolute atomic E-state index is 0.0188. The Morgan fingerprint density at radius 1 is 1.07 bits per heavy atom. The van der Waals surface area contributed by atoms with Gasteiger partial charge in [-0.15, -0.1) is 0 Å². The number of pyridine rings is 1. The van der Waals surface area contributed by atoms with E-state index >= 15 is 0 Å². The number of nitrogen functional groups attached to an aromatic ring is 1. The molecule has 2 aliphatic heterocycles. The normalized spacial score (nSPS) is 25.6. The minimum atomic E-state index is -0.0188. The van der Waals surface area contributed by atoms with Crippen molar-refractivity contribution >= 4 is 11.3 Å². The first-order chi connectivity index (χ1) is 13.9. The largest absolute Gasteiger partial charge is 0.397 e. The van der Waals surface area contributed by atoms with Gasteiger partial charge in [-0.3, -0.25) is 4.90 Å². The van der Waals surface area contributed by atoms with Crippen molar-refractivity contribution in [2.75, 3.05) is 51.7 Å². The van der Waals surface area contributed by atoms with Gasteiger partial charge in [-0.25, -0.2) is 4.98 Å². The van der Waals surface area contributed by atoms with Gasteiger partial charge in [0.25, 0.3) is 0 Å². The van der Waals surface area contributed by atoms with Gasteiger partial charge in [-0.05, 0) is 61.8 Å². The van der Waals surface area contributed by atoms with Crippen LogP contribution >= 0.6 is 0 Å². The van der Waals surface area contributed by atoms with E-state index in [2.05, 4.69) is 48.8 Å². The summed E-state index contributed by atoms with van der Waals surface area (Å²) in [6, 6.07) is 4.28. The molecule has 0 spiro atoms. The highest BCUT2D eigenvalue weighted by atomic mass is 16.5. The molecule has 1 aromatic heterocycles. The summed E-state index contributed by atoms with van der Waals surface area (Å²) in [7, 11) is 0. The Hall–Kier alpha value is -1.43. The Morgan fingerprint density at radius 3 is 2.41 bits per heavy atom. The summed E-state index contributed by atoms with van der Waals surface area (Å²) < 4.78 is 5.77. The molecule has 29 heavy (non-hydrogen) atoms. The van der Waals surface area contributed by atoms with Crippen molar-refractivity contribution in [1.29, 1.82) is 0 Å². The van der Waals surface area contributed by atoms with Crippen LogP contribution in [0.2, 0.25) is 0 Å². The fourth-order valence-electron chi connectivity index (χ4n) is 5.21. The lowest BCUT2D eigenvalue weighted by atomic mass is 9.77. The first-order valence-corrected chi connectivity index (χ1v) is 11.5. The van der Waals surface area contributed by atoms with Crippen LogP contribution in [-0.4, -0.2) is 60.7 Å². The summed E-state index contributed by atoms with van der Waals surface area (Å²) in [6.07, 6.45) is 7.78. The molecule has 0 atom stereocenters. The smallest absolute Gasteiger partial charge is 0.0891 e. The van der Waals surface area contributed by atoms with E-state index in [4.69, 9.17) is 15.5 Å². The van der Waals surface area contributed by atoms with E-state index in [1.807, 2.05) is 0 Å². The Morgan fingerprint density at radius 2 is 1.79 bits per heavy atom. The molecule has 1 aromatic rings. The van der Waals surface area contributed by atoms with E-state index in [-0.39, 0.29) is 5.54 Å². The maximum atomic E-state index is 6.43. The predicted octanol–water partition coefficient (Wildman–Crippen LogP) is 3.90. The van der Waals surface area contributed by atoms with Crippen LogP contribution in [-0.2, 0) is 10.3 Å². The molecule has 2 saturated heterocycles. The molecule has 5 heteroatoms. The van der Waals surface area contributed by atoms with Gasteiger partial charge in [0.2, 0.25) is 0 Å². The Labute approximate surface area is 176 Å². The van der Waals surface area contributed by atoms with Gasteiger partial charge in [-0.1, -0.05) is 26.8 Å².